The Hall–Kier alpha value is -0.720. The average Bonchev–Trinajstić information content (AvgIpc) is 2.55. The summed E-state index contributed by atoms with van der Waals surface area (Å²) in [6.07, 6.45) is -2.69. The molecule has 1 unspecified atom stereocenters. The van der Waals surface area contributed by atoms with Crippen LogP contribution in [0.25, 0.3) is 0 Å². The van der Waals surface area contributed by atoms with Crippen LogP contribution in [-0.4, -0.2) is 22.5 Å². The van der Waals surface area contributed by atoms with Crippen LogP contribution in [0.4, 0.5) is 19.0 Å². The largest absolute Gasteiger partial charge is 0.410 e. The average molecular weight is 312 g/mol. The molecule has 0 aromatic carbocycles. The van der Waals surface area contributed by atoms with E-state index in [1.54, 1.807) is 0 Å². The van der Waals surface area contributed by atoms with Gasteiger partial charge in [0.2, 0.25) is 0 Å². The topological polar surface area (TPSA) is 29.9 Å². The summed E-state index contributed by atoms with van der Waals surface area (Å²) in [5.41, 5.74) is 0.686. The predicted molar refractivity (Wildman–Crippen MR) is 62.1 cm³/mol. The summed E-state index contributed by atoms with van der Waals surface area (Å²) in [6.45, 7) is 2.29. The Balaban J connectivity index is 2.41. The van der Waals surface area contributed by atoms with Crippen molar-refractivity contribution in [3.8, 4) is 0 Å². The molecule has 17 heavy (non-hydrogen) atoms. The lowest BCUT2D eigenvalue weighted by molar-refractivity contribution is -0.171. The molecule has 2 rings (SSSR count). The second-order valence-corrected chi connectivity index (χ2v) is 4.87. The summed E-state index contributed by atoms with van der Waals surface area (Å²) in [6, 6.07) is -1.51. The van der Waals surface area contributed by atoms with Crippen molar-refractivity contribution in [1.29, 1.82) is 0 Å². The second-order valence-electron chi connectivity index (χ2n) is 4.08. The zero-order valence-electron chi connectivity index (χ0n) is 9.31. The fourth-order valence-electron chi connectivity index (χ4n) is 1.99. The van der Waals surface area contributed by atoms with Gasteiger partial charge in [-0.1, -0.05) is 13.3 Å². The van der Waals surface area contributed by atoms with Gasteiger partial charge in [-0.25, -0.2) is 4.68 Å². The maximum absolute atomic E-state index is 12.8. The Morgan fingerprint density at radius 2 is 2.24 bits per heavy atom. The molecule has 0 amide bonds. The smallest absolute Gasteiger partial charge is 0.369 e. The Bertz CT molecular complexity index is 414. The number of nitrogens with one attached hydrogen (secondary N) is 1. The number of anilines is 1. The SMILES string of the molecule is CCCc1nn2c(c1Br)NCCC2C(F)(F)F. The van der Waals surface area contributed by atoms with Crippen LogP contribution in [0, 0.1) is 0 Å². The van der Waals surface area contributed by atoms with E-state index in [9.17, 15) is 13.2 Å². The van der Waals surface area contributed by atoms with Crippen molar-refractivity contribution in [2.45, 2.75) is 38.4 Å². The van der Waals surface area contributed by atoms with E-state index < -0.39 is 12.2 Å². The van der Waals surface area contributed by atoms with Crippen LogP contribution in [-0.2, 0) is 6.42 Å². The molecular weight excluding hydrogens is 299 g/mol. The van der Waals surface area contributed by atoms with Crippen molar-refractivity contribution < 1.29 is 13.2 Å². The number of alkyl halides is 3. The predicted octanol–water partition coefficient (Wildman–Crippen LogP) is 3.52. The minimum absolute atomic E-state index is 0.0240. The first-order valence-electron chi connectivity index (χ1n) is 5.52. The number of nitrogens with zero attached hydrogens (tertiary/aromatic N) is 2. The fourth-order valence-corrected chi connectivity index (χ4v) is 2.59. The van der Waals surface area contributed by atoms with Crippen molar-refractivity contribution in [2.24, 2.45) is 0 Å². The summed E-state index contributed by atoms with van der Waals surface area (Å²) >= 11 is 3.32. The summed E-state index contributed by atoms with van der Waals surface area (Å²) in [7, 11) is 0. The molecule has 0 saturated carbocycles. The van der Waals surface area contributed by atoms with Gasteiger partial charge in [-0.15, -0.1) is 0 Å². The normalized spacial score (nSPS) is 19.9. The third-order valence-corrected chi connectivity index (χ3v) is 3.62. The lowest BCUT2D eigenvalue weighted by Gasteiger charge is -2.27. The van der Waals surface area contributed by atoms with Crippen molar-refractivity contribution in [3.63, 3.8) is 0 Å². The molecule has 7 heteroatoms. The van der Waals surface area contributed by atoms with Gasteiger partial charge in [0.15, 0.2) is 6.04 Å². The van der Waals surface area contributed by atoms with Crippen molar-refractivity contribution in [1.82, 2.24) is 9.78 Å². The fraction of sp³-hybridized carbons (Fsp3) is 0.700. The third-order valence-electron chi connectivity index (χ3n) is 2.79. The Morgan fingerprint density at radius 3 is 2.82 bits per heavy atom. The highest BCUT2D eigenvalue weighted by Gasteiger charge is 2.44. The molecular formula is C10H13BrF3N3. The molecule has 1 N–H and O–H groups in total. The van der Waals surface area contributed by atoms with Gasteiger partial charge < -0.3 is 5.32 Å². The molecule has 1 aliphatic heterocycles. The molecule has 2 heterocycles. The van der Waals surface area contributed by atoms with E-state index in [4.69, 9.17) is 0 Å². The molecule has 3 nitrogen and oxygen atoms in total. The molecule has 1 aromatic rings. The molecule has 1 atom stereocenters. The van der Waals surface area contributed by atoms with Crippen LogP contribution >= 0.6 is 15.9 Å². The van der Waals surface area contributed by atoms with Gasteiger partial charge in [0.05, 0.1) is 10.2 Å². The molecule has 0 fully saturated rings. The van der Waals surface area contributed by atoms with Gasteiger partial charge in [-0.05, 0) is 28.8 Å². The van der Waals surface area contributed by atoms with E-state index in [1.807, 2.05) is 6.92 Å². The number of hydrogen-bond donors (Lipinski definition) is 1. The first-order valence-corrected chi connectivity index (χ1v) is 6.32. The number of fused-ring (bicyclic) bond motifs is 1. The molecule has 0 saturated heterocycles. The summed E-state index contributed by atoms with van der Waals surface area (Å²) in [5, 5.41) is 7.04. The van der Waals surface area contributed by atoms with E-state index in [2.05, 4.69) is 26.3 Å². The Labute approximate surface area is 106 Å². The second kappa shape index (κ2) is 4.51. The highest BCUT2D eigenvalue weighted by atomic mass is 79.9. The van der Waals surface area contributed by atoms with Gasteiger partial charge in [0, 0.05) is 6.54 Å². The molecule has 0 spiro atoms. The van der Waals surface area contributed by atoms with Gasteiger partial charge >= 0.3 is 6.18 Å². The highest BCUT2D eigenvalue weighted by molar-refractivity contribution is 9.10. The summed E-state index contributed by atoms with van der Waals surface area (Å²) in [5.74, 6) is 0.446. The van der Waals surface area contributed by atoms with Crippen molar-refractivity contribution in [2.75, 3.05) is 11.9 Å². The van der Waals surface area contributed by atoms with E-state index in [0.29, 0.717) is 29.0 Å². The number of hydrogen-bond acceptors (Lipinski definition) is 2. The molecule has 0 bridgehead atoms. The molecule has 0 aliphatic carbocycles. The van der Waals surface area contributed by atoms with E-state index in [0.717, 1.165) is 11.1 Å². The van der Waals surface area contributed by atoms with Crippen molar-refractivity contribution >= 4 is 21.7 Å². The van der Waals surface area contributed by atoms with Gasteiger partial charge in [-0.2, -0.15) is 18.3 Å². The molecule has 96 valence electrons. The highest BCUT2D eigenvalue weighted by Crippen LogP contribution is 2.40. The summed E-state index contributed by atoms with van der Waals surface area (Å²) in [4.78, 5) is 0. The van der Waals surface area contributed by atoms with E-state index >= 15 is 0 Å². The maximum atomic E-state index is 12.8. The van der Waals surface area contributed by atoms with Gasteiger partial charge in [0.25, 0.3) is 0 Å². The Morgan fingerprint density at radius 1 is 1.53 bits per heavy atom. The third kappa shape index (κ3) is 2.29. The van der Waals surface area contributed by atoms with Crippen LogP contribution in [0.2, 0.25) is 0 Å². The molecule has 1 aromatic heterocycles. The molecule has 1 aliphatic rings. The Kier molecular flexibility index (Phi) is 3.38. The first-order chi connectivity index (χ1) is 7.95. The van der Waals surface area contributed by atoms with Crippen LogP contribution < -0.4 is 5.32 Å². The first kappa shape index (κ1) is 12.7. The zero-order valence-corrected chi connectivity index (χ0v) is 10.9. The summed E-state index contributed by atoms with van der Waals surface area (Å²) < 4.78 is 40.3. The van der Waals surface area contributed by atoms with Crippen LogP contribution in [0.15, 0.2) is 4.47 Å². The van der Waals surface area contributed by atoms with Crippen LogP contribution in [0.5, 0.6) is 0 Å². The van der Waals surface area contributed by atoms with E-state index in [1.165, 1.54) is 0 Å². The minimum Gasteiger partial charge on any atom is -0.369 e. The quantitative estimate of drug-likeness (QED) is 0.905. The minimum atomic E-state index is -4.24. The number of halogens is 4. The van der Waals surface area contributed by atoms with Gasteiger partial charge in [0.1, 0.15) is 5.82 Å². The maximum Gasteiger partial charge on any atom is 0.410 e. The van der Waals surface area contributed by atoms with Gasteiger partial charge in [-0.3, -0.25) is 0 Å². The standard InChI is InChI=1S/C10H13BrF3N3/c1-2-3-6-8(11)9-15-5-4-7(10(12,13)14)17(9)16-6/h7,15H,2-5H2,1H3. The van der Waals surface area contributed by atoms with Crippen LogP contribution in [0.3, 0.4) is 0 Å². The number of aromatic nitrogens is 2. The van der Waals surface area contributed by atoms with E-state index in [-0.39, 0.29) is 6.42 Å². The monoisotopic (exact) mass is 311 g/mol. The lowest BCUT2D eigenvalue weighted by Crippen LogP contribution is -2.34. The number of aryl methyl sites for hydroxylation is 1. The number of rotatable bonds is 2. The zero-order chi connectivity index (χ0) is 12.6. The molecule has 0 radical (unpaired) electrons. The van der Waals surface area contributed by atoms with Crippen LogP contribution in [0.1, 0.15) is 31.5 Å². The van der Waals surface area contributed by atoms with Crippen molar-refractivity contribution in [3.05, 3.63) is 10.2 Å². The lowest BCUT2D eigenvalue weighted by atomic mass is 10.1.